The molecule has 0 unspecified atom stereocenters. The van der Waals surface area contributed by atoms with Gasteiger partial charge in [0.05, 0.1) is 0 Å². The highest BCUT2D eigenvalue weighted by atomic mass is 16.6. The van der Waals surface area contributed by atoms with E-state index in [0.29, 0.717) is 41.8 Å². The van der Waals surface area contributed by atoms with Crippen molar-refractivity contribution in [3.05, 3.63) is 42.1 Å². The molecule has 0 spiro atoms. The van der Waals surface area contributed by atoms with E-state index in [1.54, 1.807) is 36.5 Å². The molecule has 0 radical (unpaired) electrons. The van der Waals surface area contributed by atoms with Gasteiger partial charge in [0.1, 0.15) is 19.0 Å². The highest BCUT2D eigenvalue weighted by Crippen LogP contribution is 2.32. The molecule has 6 nitrogen and oxygen atoms in total. The predicted octanol–water partition coefficient (Wildman–Crippen LogP) is 3.71. The van der Waals surface area contributed by atoms with Crippen molar-refractivity contribution < 1.29 is 14.3 Å². The van der Waals surface area contributed by atoms with E-state index in [1.807, 2.05) is 0 Å². The molecule has 2 N–H and O–H groups in total. The summed E-state index contributed by atoms with van der Waals surface area (Å²) in [5, 5.41) is 6.13. The summed E-state index contributed by atoms with van der Waals surface area (Å²) in [7, 11) is 0. The number of unbranched alkanes of at least 4 members (excludes halogenated alkanes) is 2. The summed E-state index contributed by atoms with van der Waals surface area (Å²) >= 11 is 0. The Morgan fingerprint density at radius 2 is 1.96 bits per heavy atom. The zero-order valence-electron chi connectivity index (χ0n) is 14.4. The third kappa shape index (κ3) is 4.62. The predicted molar refractivity (Wildman–Crippen MR) is 97.6 cm³/mol. The van der Waals surface area contributed by atoms with Gasteiger partial charge in [0.2, 0.25) is 0 Å². The Kier molecular flexibility index (Phi) is 5.72. The summed E-state index contributed by atoms with van der Waals surface area (Å²) in [6.07, 6.45) is 5.08. The van der Waals surface area contributed by atoms with Crippen LogP contribution in [-0.4, -0.2) is 30.6 Å². The second kappa shape index (κ2) is 8.37. The summed E-state index contributed by atoms with van der Waals surface area (Å²) in [5.41, 5.74) is 1.23. The molecule has 0 aliphatic carbocycles. The average Bonchev–Trinajstić information content (AvgIpc) is 2.65. The molecule has 0 atom stereocenters. The molecule has 0 saturated heterocycles. The first-order valence-corrected chi connectivity index (χ1v) is 8.67. The molecular formula is C19H23N3O3. The molecule has 0 bridgehead atoms. The number of benzene rings is 1. The van der Waals surface area contributed by atoms with E-state index in [2.05, 4.69) is 22.5 Å². The lowest BCUT2D eigenvalue weighted by molar-refractivity contribution is 0.102. The normalized spacial score (nSPS) is 12.5. The standard InChI is InChI=1S/C19H23N3O3/c1-2-3-4-8-20-18-12-14(7-9-21-18)19(23)22-15-5-6-16-17(13-15)25-11-10-24-16/h5-7,9,12-13H,2-4,8,10-11H2,1H3,(H,20,21)(H,22,23). The Balaban J connectivity index is 1.63. The summed E-state index contributed by atoms with van der Waals surface area (Å²) < 4.78 is 11.0. The molecule has 6 heteroatoms. The van der Waals surface area contributed by atoms with Crippen molar-refractivity contribution in [2.45, 2.75) is 26.2 Å². The van der Waals surface area contributed by atoms with Crippen LogP contribution < -0.4 is 20.1 Å². The fourth-order valence-electron chi connectivity index (χ4n) is 2.58. The number of ether oxygens (including phenoxy) is 2. The molecule has 3 rings (SSSR count). The Bertz CT molecular complexity index is 734. The maximum absolute atomic E-state index is 12.5. The second-order valence-electron chi connectivity index (χ2n) is 5.88. The molecule has 1 aliphatic heterocycles. The largest absolute Gasteiger partial charge is 0.486 e. The van der Waals surface area contributed by atoms with Gasteiger partial charge in [0.25, 0.3) is 5.91 Å². The smallest absolute Gasteiger partial charge is 0.255 e. The minimum absolute atomic E-state index is 0.185. The quantitative estimate of drug-likeness (QED) is 0.751. The van der Waals surface area contributed by atoms with Crippen molar-refractivity contribution in [1.82, 2.24) is 4.98 Å². The van der Waals surface area contributed by atoms with E-state index >= 15 is 0 Å². The second-order valence-corrected chi connectivity index (χ2v) is 5.88. The van der Waals surface area contributed by atoms with Crippen LogP contribution >= 0.6 is 0 Å². The first-order valence-electron chi connectivity index (χ1n) is 8.67. The zero-order valence-corrected chi connectivity index (χ0v) is 14.4. The molecule has 25 heavy (non-hydrogen) atoms. The first kappa shape index (κ1) is 17.1. The minimum atomic E-state index is -0.185. The van der Waals surface area contributed by atoms with Gasteiger partial charge in [-0.1, -0.05) is 19.8 Å². The number of pyridine rings is 1. The number of fused-ring (bicyclic) bond motifs is 1. The first-order chi connectivity index (χ1) is 12.3. The Morgan fingerprint density at radius 3 is 2.80 bits per heavy atom. The third-order valence-electron chi connectivity index (χ3n) is 3.91. The number of aromatic nitrogens is 1. The van der Waals surface area contributed by atoms with Gasteiger partial charge in [-0.15, -0.1) is 0 Å². The maximum Gasteiger partial charge on any atom is 0.255 e. The number of anilines is 2. The molecule has 0 fully saturated rings. The molecule has 1 aliphatic rings. The minimum Gasteiger partial charge on any atom is -0.486 e. The lowest BCUT2D eigenvalue weighted by Crippen LogP contribution is -2.16. The molecular weight excluding hydrogens is 318 g/mol. The van der Waals surface area contributed by atoms with Crippen LogP contribution in [0.15, 0.2) is 36.5 Å². The van der Waals surface area contributed by atoms with Crippen LogP contribution in [0.2, 0.25) is 0 Å². The van der Waals surface area contributed by atoms with Crippen LogP contribution in [-0.2, 0) is 0 Å². The van der Waals surface area contributed by atoms with Crippen LogP contribution in [0.4, 0.5) is 11.5 Å². The summed E-state index contributed by atoms with van der Waals surface area (Å²) in [6.45, 7) is 4.08. The van der Waals surface area contributed by atoms with Gasteiger partial charge in [-0.05, 0) is 30.7 Å². The van der Waals surface area contributed by atoms with Crippen molar-refractivity contribution in [2.75, 3.05) is 30.4 Å². The summed E-state index contributed by atoms with van der Waals surface area (Å²) in [4.78, 5) is 16.7. The lowest BCUT2D eigenvalue weighted by atomic mass is 10.2. The van der Waals surface area contributed by atoms with E-state index < -0.39 is 0 Å². The van der Waals surface area contributed by atoms with E-state index in [1.165, 1.54) is 12.8 Å². The van der Waals surface area contributed by atoms with Crippen LogP contribution in [0.25, 0.3) is 0 Å². The number of carbonyl (C=O) groups is 1. The number of nitrogens with one attached hydrogen (secondary N) is 2. The summed E-state index contributed by atoms with van der Waals surface area (Å²) in [6, 6.07) is 8.84. The van der Waals surface area contributed by atoms with Crippen LogP contribution in [0.1, 0.15) is 36.5 Å². The number of carbonyl (C=O) groups excluding carboxylic acids is 1. The van der Waals surface area contributed by atoms with Crippen LogP contribution in [0, 0.1) is 0 Å². The SMILES string of the molecule is CCCCCNc1cc(C(=O)Nc2ccc3c(c2)OCCO3)ccn1. The molecule has 1 aromatic carbocycles. The van der Waals surface area contributed by atoms with E-state index in [9.17, 15) is 4.79 Å². The monoisotopic (exact) mass is 341 g/mol. The average molecular weight is 341 g/mol. The maximum atomic E-state index is 12.5. The van der Waals surface area contributed by atoms with Crippen LogP contribution in [0.5, 0.6) is 11.5 Å². The Morgan fingerprint density at radius 1 is 1.12 bits per heavy atom. The van der Waals surface area contributed by atoms with Crippen LogP contribution in [0.3, 0.4) is 0 Å². The molecule has 2 heterocycles. The van der Waals surface area contributed by atoms with Gasteiger partial charge in [0.15, 0.2) is 11.5 Å². The van der Waals surface area contributed by atoms with Gasteiger partial charge in [-0.25, -0.2) is 4.98 Å². The van der Waals surface area contributed by atoms with E-state index in [0.717, 1.165) is 13.0 Å². The van der Waals surface area contributed by atoms with Crippen molar-refractivity contribution in [2.24, 2.45) is 0 Å². The molecule has 2 aromatic rings. The molecule has 0 saturated carbocycles. The van der Waals surface area contributed by atoms with E-state index in [-0.39, 0.29) is 5.91 Å². The fraction of sp³-hybridized carbons (Fsp3) is 0.368. The van der Waals surface area contributed by atoms with Gasteiger partial charge in [0, 0.05) is 30.1 Å². The number of amides is 1. The van der Waals surface area contributed by atoms with Gasteiger partial charge in [-0.2, -0.15) is 0 Å². The zero-order chi connectivity index (χ0) is 17.5. The van der Waals surface area contributed by atoms with Gasteiger partial charge < -0.3 is 20.1 Å². The summed E-state index contributed by atoms with van der Waals surface area (Å²) in [5.74, 6) is 1.88. The van der Waals surface area contributed by atoms with Gasteiger partial charge in [-0.3, -0.25) is 4.79 Å². The topological polar surface area (TPSA) is 72.5 Å². The Hall–Kier alpha value is -2.76. The third-order valence-corrected chi connectivity index (χ3v) is 3.91. The van der Waals surface area contributed by atoms with E-state index in [4.69, 9.17) is 9.47 Å². The Labute approximate surface area is 147 Å². The number of nitrogens with zero attached hydrogens (tertiary/aromatic N) is 1. The van der Waals surface area contributed by atoms with Crippen molar-refractivity contribution >= 4 is 17.4 Å². The number of rotatable bonds is 7. The fourth-order valence-corrected chi connectivity index (χ4v) is 2.58. The highest BCUT2D eigenvalue weighted by molar-refractivity contribution is 6.04. The number of hydrogen-bond donors (Lipinski definition) is 2. The number of hydrogen-bond acceptors (Lipinski definition) is 5. The molecule has 1 amide bonds. The van der Waals surface area contributed by atoms with Gasteiger partial charge >= 0.3 is 0 Å². The van der Waals surface area contributed by atoms with Crippen molar-refractivity contribution in [3.63, 3.8) is 0 Å². The van der Waals surface area contributed by atoms with Crippen molar-refractivity contribution in [1.29, 1.82) is 0 Å². The highest BCUT2D eigenvalue weighted by Gasteiger charge is 2.13. The lowest BCUT2D eigenvalue weighted by Gasteiger charge is -2.19. The van der Waals surface area contributed by atoms with Crippen molar-refractivity contribution in [3.8, 4) is 11.5 Å². The molecule has 132 valence electrons. The molecule has 1 aromatic heterocycles.